The molecule has 2 aromatic heterocycles. The van der Waals surface area contributed by atoms with Crippen LogP contribution in [0.25, 0.3) is 17.3 Å². The Morgan fingerprint density at radius 2 is 1.73 bits per heavy atom. The molecule has 4 rings (SSSR count). The van der Waals surface area contributed by atoms with Crippen LogP contribution in [0.1, 0.15) is 53.5 Å². The van der Waals surface area contributed by atoms with Crippen LogP contribution in [0.3, 0.4) is 0 Å². The molecular formula is C28H30N6O3. The van der Waals surface area contributed by atoms with Crippen molar-refractivity contribution in [2.45, 2.75) is 45.4 Å². The van der Waals surface area contributed by atoms with Crippen LogP contribution in [-0.2, 0) is 24.1 Å². The summed E-state index contributed by atoms with van der Waals surface area (Å²) in [5.74, 6) is 0.451. The SMILES string of the molecule is CCc1nc(-c2ncc(CCC(=O)O)cn2)n(-c2cccc(C(=O)NCCCCc3ccccc3)c2)n1. The van der Waals surface area contributed by atoms with Gasteiger partial charge in [0, 0.05) is 37.3 Å². The van der Waals surface area contributed by atoms with E-state index in [1.165, 1.54) is 5.56 Å². The third kappa shape index (κ3) is 7.07. The zero-order valence-electron chi connectivity index (χ0n) is 20.8. The molecular weight excluding hydrogens is 468 g/mol. The molecule has 0 fully saturated rings. The highest BCUT2D eigenvalue weighted by molar-refractivity contribution is 5.94. The Balaban J connectivity index is 1.43. The number of carbonyl (C=O) groups excluding carboxylic acids is 1. The van der Waals surface area contributed by atoms with E-state index in [9.17, 15) is 9.59 Å². The molecule has 0 radical (unpaired) electrons. The van der Waals surface area contributed by atoms with Crippen LogP contribution >= 0.6 is 0 Å². The number of hydrogen-bond donors (Lipinski definition) is 2. The Morgan fingerprint density at radius 3 is 2.46 bits per heavy atom. The lowest BCUT2D eigenvalue weighted by molar-refractivity contribution is -0.136. The third-order valence-corrected chi connectivity index (χ3v) is 5.87. The van der Waals surface area contributed by atoms with Crippen molar-refractivity contribution in [3.05, 3.63) is 89.5 Å². The lowest BCUT2D eigenvalue weighted by Crippen LogP contribution is -2.24. The number of rotatable bonds is 12. The fourth-order valence-electron chi connectivity index (χ4n) is 3.86. The monoisotopic (exact) mass is 498 g/mol. The number of amides is 1. The number of aliphatic carboxylic acids is 1. The standard InChI is InChI=1S/C28H30N6O3/c1-2-24-32-27(26-30-18-21(19-31-26)14-15-25(35)36)34(33-24)23-13-8-12-22(17-23)28(37)29-16-7-6-11-20-9-4-3-5-10-20/h3-5,8-10,12-13,17-19H,2,6-7,11,14-16H2,1H3,(H,29,37)(H,35,36). The maximum Gasteiger partial charge on any atom is 0.303 e. The van der Waals surface area contributed by atoms with Gasteiger partial charge in [-0.2, -0.15) is 5.10 Å². The summed E-state index contributed by atoms with van der Waals surface area (Å²) in [4.78, 5) is 37.0. The lowest BCUT2D eigenvalue weighted by atomic mass is 10.1. The summed E-state index contributed by atoms with van der Waals surface area (Å²) in [7, 11) is 0. The first-order valence-electron chi connectivity index (χ1n) is 12.4. The molecule has 0 unspecified atom stereocenters. The van der Waals surface area contributed by atoms with Gasteiger partial charge in [0.05, 0.1) is 5.69 Å². The molecule has 0 aliphatic rings. The number of carboxylic acids is 1. The van der Waals surface area contributed by atoms with E-state index in [0.29, 0.717) is 48.1 Å². The number of carbonyl (C=O) groups is 2. The van der Waals surface area contributed by atoms with Gasteiger partial charge in [0.1, 0.15) is 0 Å². The van der Waals surface area contributed by atoms with Gasteiger partial charge in [-0.15, -0.1) is 0 Å². The molecule has 0 saturated carbocycles. The number of aromatic nitrogens is 5. The highest BCUT2D eigenvalue weighted by Gasteiger charge is 2.17. The summed E-state index contributed by atoms with van der Waals surface area (Å²) in [6.07, 6.45) is 7.10. The van der Waals surface area contributed by atoms with Gasteiger partial charge in [0.15, 0.2) is 11.6 Å². The normalized spacial score (nSPS) is 10.8. The quantitative estimate of drug-likeness (QED) is 0.282. The first kappa shape index (κ1) is 25.7. The van der Waals surface area contributed by atoms with Crippen molar-refractivity contribution in [1.29, 1.82) is 0 Å². The molecule has 2 heterocycles. The van der Waals surface area contributed by atoms with Crippen LogP contribution in [0, 0.1) is 0 Å². The number of hydrogen-bond acceptors (Lipinski definition) is 6. The Labute approximate surface area is 215 Å². The molecule has 1 amide bonds. The van der Waals surface area contributed by atoms with Crippen molar-refractivity contribution in [2.24, 2.45) is 0 Å². The van der Waals surface area contributed by atoms with Crippen LogP contribution in [0.4, 0.5) is 0 Å². The van der Waals surface area contributed by atoms with Crippen molar-refractivity contribution < 1.29 is 14.7 Å². The van der Waals surface area contributed by atoms with Gasteiger partial charge in [-0.3, -0.25) is 9.59 Å². The van der Waals surface area contributed by atoms with Crippen molar-refractivity contribution in [2.75, 3.05) is 6.54 Å². The number of nitrogens with zero attached hydrogens (tertiary/aromatic N) is 5. The van der Waals surface area contributed by atoms with Crippen molar-refractivity contribution in [3.8, 4) is 17.3 Å². The predicted octanol–water partition coefficient (Wildman–Crippen LogP) is 4.06. The second-order valence-corrected chi connectivity index (χ2v) is 8.67. The van der Waals surface area contributed by atoms with Crippen molar-refractivity contribution in [1.82, 2.24) is 30.0 Å². The van der Waals surface area contributed by atoms with E-state index in [1.54, 1.807) is 29.2 Å². The van der Waals surface area contributed by atoms with Gasteiger partial charge in [0.2, 0.25) is 5.82 Å². The number of nitrogens with one attached hydrogen (secondary N) is 1. The first-order chi connectivity index (χ1) is 18.0. The number of carboxylic acid groups (broad SMARTS) is 1. The summed E-state index contributed by atoms with van der Waals surface area (Å²) < 4.78 is 1.64. The van der Waals surface area contributed by atoms with Gasteiger partial charge in [-0.25, -0.2) is 19.6 Å². The molecule has 0 saturated heterocycles. The van der Waals surface area contributed by atoms with Gasteiger partial charge >= 0.3 is 5.97 Å². The van der Waals surface area contributed by atoms with E-state index >= 15 is 0 Å². The average Bonchev–Trinajstić information content (AvgIpc) is 3.37. The molecule has 190 valence electrons. The van der Waals surface area contributed by atoms with E-state index < -0.39 is 5.97 Å². The van der Waals surface area contributed by atoms with Crippen LogP contribution in [-0.4, -0.2) is 48.3 Å². The number of aryl methyl sites for hydroxylation is 3. The zero-order valence-corrected chi connectivity index (χ0v) is 20.8. The van der Waals surface area contributed by atoms with E-state index in [1.807, 2.05) is 37.3 Å². The predicted molar refractivity (Wildman–Crippen MR) is 139 cm³/mol. The van der Waals surface area contributed by atoms with Gasteiger partial charge in [-0.1, -0.05) is 43.3 Å². The molecule has 0 bridgehead atoms. The average molecular weight is 499 g/mol. The molecule has 0 spiro atoms. The molecule has 37 heavy (non-hydrogen) atoms. The van der Waals surface area contributed by atoms with Crippen molar-refractivity contribution in [3.63, 3.8) is 0 Å². The minimum absolute atomic E-state index is 0.0146. The smallest absolute Gasteiger partial charge is 0.303 e. The third-order valence-electron chi connectivity index (χ3n) is 5.87. The molecule has 0 atom stereocenters. The second-order valence-electron chi connectivity index (χ2n) is 8.67. The fourth-order valence-corrected chi connectivity index (χ4v) is 3.86. The van der Waals surface area contributed by atoms with Crippen LogP contribution < -0.4 is 5.32 Å². The fraction of sp³-hybridized carbons (Fsp3) is 0.286. The van der Waals surface area contributed by atoms with Crippen molar-refractivity contribution >= 4 is 11.9 Å². The number of unbranched alkanes of at least 4 members (excludes halogenated alkanes) is 1. The van der Waals surface area contributed by atoms with E-state index in [4.69, 9.17) is 5.11 Å². The number of benzene rings is 2. The highest BCUT2D eigenvalue weighted by Crippen LogP contribution is 2.20. The van der Waals surface area contributed by atoms with Gasteiger partial charge in [0.25, 0.3) is 5.91 Å². The molecule has 0 aliphatic heterocycles. The molecule has 0 aliphatic carbocycles. The minimum Gasteiger partial charge on any atom is -0.481 e. The van der Waals surface area contributed by atoms with Gasteiger partial charge in [-0.05, 0) is 55.0 Å². The first-order valence-corrected chi connectivity index (χ1v) is 12.4. The van der Waals surface area contributed by atoms with E-state index in [-0.39, 0.29) is 12.3 Å². The molecule has 9 nitrogen and oxygen atoms in total. The zero-order chi connectivity index (χ0) is 26.0. The maximum absolute atomic E-state index is 12.8. The molecule has 9 heteroatoms. The summed E-state index contributed by atoms with van der Waals surface area (Å²) in [6.45, 7) is 2.56. The minimum atomic E-state index is -0.868. The molecule has 2 aromatic carbocycles. The van der Waals surface area contributed by atoms with Crippen LogP contribution in [0.5, 0.6) is 0 Å². The topological polar surface area (TPSA) is 123 Å². The summed E-state index contributed by atoms with van der Waals surface area (Å²) in [5, 5.41) is 16.5. The summed E-state index contributed by atoms with van der Waals surface area (Å²) >= 11 is 0. The summed E-state index contributed by atoms with van der Waals surface area (Å²) in [6, 6.07) is 17.5. The van der Waals surface area contributed by atoms with Crippen LogP contribution in [0.2, 0.25) is 0 Å². The summed E-state index contributed by atoms with van der Waals surface area (Å²) in [5.41, 5.74) is 3.24. The Bertz CT molecular complexity index is 1340. The van der Waals surface area contributed by atoms with E-state index in [0.717, 1.165) is 24.8 Å². The van der Waals surface area contributed by atoms with Gasteiger partial charge < -0.3 is 10.4 Å². The molecule has 4 aromatic rings. The largest absolute Gasteiger partial charge is 0.481 e. The van der Waals surface area contributed by atoms with E-state index in [2.05, 4.69) is 37.5 Å². The highest BCUT2D eigenvalue weighted by atomic mass is 16.4. The Hall–Kier alpha value is -4.40. The molecule has 2 N–H and O–H groups in total. The lowest BCUT2D eigenvalue weighted by Gasteiger charge is -2.09. The maximum atomic E-state index is 12.8. The Morgan fingerprint density at radius 1 is 0.946 bits per heavy atom. The van der Waals surface area contributed by atoms with Crippen LogP contribution in [0.15, 0.2) is 67.0 Å². The second kappa shape index (κ2) is 12.5. The Kier molecular flexibility index (Phi) is 8.70.